The van der Waals surface area contributed by atoms with Gasteiger partial charge in [-0.2, -0.15) is 0 Å². The second kappa shape index (κ2) is 4.11. The molecule has 1 aromatic carbocycles. The number of aliphatic hydroxyl groups excluding tert-OH is 1. The lowest BCUT2D eigenvalue weighted by Gasteiger charge is -2.09. The van der Waals surface area contributed by atoms with E-state index in [4.69, 9.17) is 5.11 Å². The molecule has 2 unspecified atom stereocenters. The van der Waals surface area contributed by atoms with Crippen LogP contribution in [-0.2, 0) is 0 Å². The number of benzene rings is 1. The zero-order valence-electron chi connectivity index (χ0n) is 8.53. The second-order valence-corrected chi connectivity index (χ2v) is 4.13. The van der Waals surface area contributed by atoms with Gasteiger partial charge in [-0.25, -0.2) is 0 Å². The Balaban J connectivity index is 2.06. The van der Waals surface area contributed by atoms with Crippen molar-refractivity contribution in [3.63, 3.8) is 0 Å². The number of hydrogen-bond donors (Lipinski definition) is 2. The first kappa shape index (κ1) is 9.69. The van der Waals surface area contributed by atoms with E-state index < -0.39 is 0 Å². The topological polar surface area (TPSA) is 32.3 Å². The number of aliphatic hydroxyl groups is 1. The third-order valence-electron chi connectivity index (χ3n) is 2.99. The van der Waals surface area contributed by atoms with E-state index in [1.54, 1.807) is 0 Å². The maximum Gasteiger partial charge on any atom is 0.0584 e. The summed E-state index contributed by atoms with van der Waals surface area (Å²) in [4.78, 5) is 0. The van der Waals surface area contributed by atoms with Crippen LogP contribution in [0, 0.1) is 6.92 Å². The molecule has 1 aliphatic rings. The van der Waals surface area contributed by atoms with Gasteiger partial charge in [-0.3, -0.25) is 0 Å². The highest BCUT2D eigenvalue weighted by molar-refractivity contribution is 5.25. The van der Waals surface area contributed by atoms with Crippen molar-refractivity contribution in [3.8, 4) is 0 Å². The van der Waals surface area contributed by atoms with Gasteiger partial charge in [0.05, 0.1) is 6.61 Å². The molecule has 14 heavy (non-hydrogen) atoms. The molecule has 1 aromatic rings. The third kappa shape index (κ3) is 1.97. The summed E-state index contributed by atoms with van der Waals surface area (Å²) in [5.74, 6) is 0.577. The van der Waals surface area contributed by atoms with E-state index in [-0.39, 0.29) is 6.61 Å². The SMILES string of the molecule is Cc1ccc(C2CNC(CO)C2)cc1. The Labute approximate surface area is 85.0 Å². The third-order valence-corrected chi connectivity index (χ3v) is 2.99. The van der Waals surface area contributed by atoms with Crippen LogP contribution < -0.4 is 5.32 Å². The van der Waals surface area contributed by atoms with Crippen LogP contribution in [0.5, 0.6) is 0 Å². The van der Waals surface area contributed by atoms with Crippen molar-refractivity contribution in [2.45, 2.75) is 25.3 Å². The summed E-state index contributed by atoms with van der Waals surface area (Å²) in [7, 11) is 0. The van der Waals surface area contributed by atoms with Crippen LogP contribution in [0.1, 0.15) is 23.5 Å². The minimum absolute atomic E-state index is 0.252. The van der Waals surface area contributed by atoms with Gasteiger partial charge in [0.2, 0.25) is 0 Å². The molecule has 2 atom stereocenters. The van der Waals surface area contributed by atoms with Crippen LogP contribution in [0.15, 0.2) is 24.3 Å². The zero-order valence-corrected chi connectivity index (χ0v) is 8.53. The minimum Gasteiger partial charge on any atom is -0.395 e. The van der Waals surface area contributed by atoms with E-state index in [2.05, 4.69) is 36.5 Å². The maximum atomic E-state index is 9.01. The molecule has 2 nitrogen and oxygen atoms in total. The van der Waals surface area contributed by atoms with Crippen molar-refractivity contribution in [2.24, 2.45) is 0 Å². The molecule has 1 fully saturated rings. The average Bonchev–Trinajstić information content (AvgIpc) is 2.67. The van der Waals surface area contributed by atoms with Crippen LogP contribution in [0.2, 0.25) is 0 Å². The summed E-state index contributed by atoms with van der Waals surface area (Å²) in [6, 6.07) is 8.99. The number of rotatable bonds is 2. The first-order chi connectivity index (χ1) is 6.79. The number of aryl methyl sites for hydroxylation is 1. The normalized spacial score (nSPS) is 26.7. The van der Waals surface area contributed by atoms with Crippen molar-refractivity contribution in [2.75, 3.05) is 13.2 Å². The smallest absolute Gasteiger partial charge is 0.0584 e. The van der Waals surface area contributed by atoms with E-state index >= 15 is 0 Å². The molecular formula is C12H17NO. The molecule has 1 heterocycles. The molecule has 0 amide bonds. The van der Waals surface area contributed by atoms with E-state index in [0.29, 0.717) is 12.0 Å². The van der Waals surface area contributed by atoms with Gasteiger partial charge in [0, 0.05) is 12.6 Å². The lowest BCUT2D eigenvalue weighted by molar-refractivity contribution is 0.254. The molecule has 0 spiro atoms. The Morgan fingerprint density at radius 3 is 2.64 bits per heavy atom. The van der Waals surface area contributed by atoms with E-state index in [0.717, 1.165) is 13.0 Å². The molecule has 2 N–H and O–H groups in total. The Morgan fingerprint density at radius 1 is 1.36 bits per heavy atom. The second-order valence-electron chi connectivity index (χ2n) is 4.13. The van der Waals surface area contributed by atoms with Gasteiger partial charge in [-0.05, 0) is 24.8 Å². The van der Waals surface area contributed by atoms with Crippen LogP contribution >= 0.6 is 0 Å². The number of nitrogens with one attached hydrogen (secondary N) is 1. The highest BCUT2D eigenvalue weighted by Gasteiger charge is 2.24. The van der Waals surface area contributed by atoms with Crippen molar-refractivity contribution >= 4 is 0 Å². The maximum absolute atomic E-state index is 9.01. The molecule has 0 aromatic heterocycles. The fourth-order valence-corrected chi connectivity index (χ4v) is 2.05. The highest BCUT2D eigenvalue weighted by Crippen LogP contribution is 2.25. The zero-order chi connectivity index (χ0) is 9.97. The standard InChI is InChI=1S/C12H17NO/c1-9-2-4-10(5-3-9)11-6-12(8-14)13-7-11/h2-5,11-14H,6-8H2,1H3. The summed E-state index contributed by atoms with van der Waals surface area (Å²) in [6.07, 6.45) is 1.06. The quantitative estimate of drug-likeness (QED) is 0.741. The molecule has 0 aliphatic carbocycles. The highest BCUT2D eigenvalue weighted by atomic mass is 16.3. The fraction of sp³-hybridized carbons (Fsp3) is 0.500. The van der Waals surface area contributed by atoms with Crippen molar-refractivity contribution in [3.05, 3.63) is 35.4 Å². The fourth-order valence-electron chi connectivity index (χ4n) is 2.05. The van der Waals surface area contributed by atoms with E-state index in [1.807, 2.05) is 0 Å². The minimum atomic E-state index is 0.252. The Kier molecular flexibility index (Phi) is 2.85. The molecule has 2 rings (SSSR count). The first-order valence-electron chi connectivity index (χ1n) is 5.20. The van der Waals surface area contributed by atoms with Gasteiger partial charge in [-0.15, -0.1) is 0 Å². The van der Waals surface area contributed by atoms with Gasteiger partial charge < -0.3 is 10.4 Å². The summed E-state index contributed by atoms with van der Waals surface area (Å²) in [5.41, 5.74) is 2.69. The van der Waals surface area contributed by atoms with Gasteiger partial charge in [0.25, 0.3) is 0 Å². The largest absolute Gasteiger partial charge is 0.395 e. The van der Waals surface area contributed by atoms with Gasteiger partial charge >= 0.3 is 0 Å². The Bertz CT molecular complexity index is 294. The predicted molar refractivity (Wildman–Crippen MR) is 57.4 cm³/mol. The van der Waals surface area contributed by atoms with Crippen LogP contribution in [0.4, 0.5) is 0 Å². The van der Waals surface area contributed by atoms with Gasteiger partial charge in [0.1, 0.15) is 0 Å². The Morgan fingerprint density at radius 2 is 2.07 bits per heavy atom. The van der Waals surface area contributed by atoms with Gasteiger partial charge in [-0.1, -0.05) is 29.8 Å². The number of hydrogen-bond acceptors (Lipinski definition) is 2. The molecule has 1 saturated heterocycles. The van der Waals surface area contributed by atoms with Gasteiger partial charge in [0.15, 0.2) is 0 Å². The monoisotopic (exact) mass is 191 g/mol. The molecule has 2 heteroatoms. The molecule has 0 radical (unpaired) electrons. The van der Waals surface area contributed by atoms with E-state index in [9.17, 15) is 0 Å². The molecular weight excluding hydrogens is 174 g/mol. The average molecular weight is 191 g/mol. The lowest BCUT2D eigenvalue weighted by atomic mass is 9.96. The van der Waals surface area contributed by atoms with Crippen molar-refractivity contribution in [1.29, 1.82) is 0 Å². The van der Waals surface area contributed by atoms with Crippen molar-refractivity contribution in [1.82, 2.24) is 5.32 Å². The summed E-state index contributed by atoms with van der Waals surface area (Å²) < 4.78 is 0. The first-order valence-corrected chi connectivity index (χ1v) is 5.20. The van der Waals surface area contributed by atoms with E-state index in [1.165, 1.54) is 11.1 Å². The predicted octanol–water partition coefficient (Wildman–Crippen LogP) is 1.43. The summed E-state index contributed by atoms with van der Waals surface area (Å²) in [6.45, 7) is 3.35. The summed E-state index contributed by atoms with van der Waals surface area (Å²) >= 11 is 0. The lowest BCUT2D eigenvalue weighted by Crippen LogP contribution is -2.24. The van der Waals surface area contributed by atoms with Crippen LogP contribution in [0.25, 0.3) is 0 Å². The van der Waals surface area contributed by atoms with Crippen molar-refractivity contribution < 1.29 is 5.11 Å². The van der Waals surface area contributed by atoms with Crippen LogP contribution in [-0.4, -0.2) is 24.3 Å². The molecule has 0 saturated carbocycles. The molecule has 76 valence electrons. The Hall–Kier alpha value is -0.860. The van der Waals surface area contributed by atoms with Crippen LogP contribution in [0.3, 0.4) is 0 Å². The molecule has 1 aliphatic heterocycles. The summed E-state index contributed by atoms with van der Waals surface area (Å²) in [5, 5.41) is 12.3. The molecule has 0 bridgehead atoms.